The lowest BCUT2D eigenvalue weighted by molar-refractivity contribution is -0.135. The van der Waals surface area contributed by atoms with E-state index in [0.717, 1.165) is 18.5 Å². The van der Waals surface area contributed by atoms with E-state index in [1.54, 1.807) is 4.90 Å². The fourth-order valence-electron chi connectivity index (χ4n) is 1.79. The molecule has 0 fully saturated rings. The van der Waals surface area contributed by atoms with E-state index in [0.29, 0.717) is 18.3 Å². The van der Waals surface area contributed by atoms with E-state index in [2.05, 4.69) is 30.7 Å². The maximum Gasteiger partial charge on any atom is 0.323 e. The number of rotatable bonds is 7. The molecule has 0 aliphatic heterocycles. The molecule has 0 aliphatic carbocycles. The van der Waals surface area contributed by atoms with Crippen LogP contribution in [0.1, 0.15) is 32.9 Å². The van der Waals surface area contributed by atoms with Gasteiger partial charge in [0.25, 0.3) is 0 Å². The average Bonchev–Trinajstić information content (AvgIpc) is 2.28. The van der Waals surface area contributed by atoms with Crippen LogP contribution < -0.4 is 4.90 Å². The quantitative estimate of drug-likeness (QED) is 0.802. The van der Waals surface area contributed by atoms with E-state index in [1.165, 1.54) is 6.33 Å². The van der Waals surface area contributed by atoms with Gasteiger partial charge in [-0.15, -0.1) is 0 Å². The summed E-state index contributed by atoms with van der Waals surface area (Å²) in [6, 6.07) is 1.88. The SMILES string of the molecule is CCCc1cc(N(CC(=O)O)CC(C)C)ncn1. The van der Waals surface area contributed by atoms with E-state index in [1.807, 2.05) is 6.07 Å². The molecular weight excluding hydrogens is 230 g/mol. The molecule has 1 N–H and O–H groups in total. The van der Waals surface area contributed by atoms with Crippen molar-refractivity contribution in [3.63, 3.8) is 0 Å². The van der Waals surface area contributed by atoms with Crippen molar-refractivity contribution in [1.29, 1.82) is 0 Å². The molecule has 0 aromatic carbocycles. The lowest BCUT2D eigenvalue weighted by atomic mass is 10.2. The molecule has 0 aliphatic rings. The molecule has 0 bridgehead atoms. The lowest BCUT2D eigenvalue weighted by Gasteiger charge is -2.23. The number of anilines is 1. The molecule has 0 saturated carbocycles. The Labute approximate surface area is 108 Å². The Morgan fingerprint density at radius 3 is 2.72 bits per heavy atom. The van der Waals surface area contributed by atoms with Crippen LogP contribution in [-0.4, -0.2) is 34.1 Å². The van der Waals surface area contributed by atoms with Crippen molar-refractivity contribution in [2.45, 2.75) is 33.6 Å². The third kappa shape index (κ3) is 4.69. The van der Waals surface area contributed by atoms with Gasteiger partial charge in [0.1, 0.15) is 18.7 Å². The number of hydrogen-bond acceptors (Lipinski definition) is 4. The van der Waals surface area contributed by atoms with Crippen molar-refractivity contribution < 1.29 is 9.90 Å². The minimum Gasteiger partial charge on any atom is -0.480 e. The number of aromatic nitrogens is 2. The Morgan fingerprint density at radius 2 is 2.17 bits per heavy atom. The number of carbonyl (C=O) groups is 1. The largest absolute Gasteiger partial charge is 0.480 e. The van der Waals surface area contributed by atoms with Gasteiger partial charge in [0.2, 0.25) is 0 Å². The molecule has 0 amide bonds. The van der Waals surface area contributed by atoms with Crippen LogP contribution in [0.3, 0.4) is 0 Å². The van der Waals surface area contributed by atoms with Crippen molar-refractivity contribution >= 4 is 11.8 Å². The molecule has 0 radical (unpaired) electrons. The van der Waals surface area contributed by atoms with Gasteiger partial charge in [-0.1, -0.05) is 27.2 Å². The Hall–Kier alpha value is -1.65. The summed E-state index contributed by atoms with van der Waals surface area (Å²) in [7, 11) is 0. The van der Waals surface area contributed by atoms with Crippen molar-refractivity contribution in [2.75, 3.05) is 18.0 Å². The van der Waals surface area contributed by atoms with Gasteiger partial charge in [0.15, 0.2) is 0 Å². The lowest BCUT2D eigenvalue weighted by Crippen LogP contribution is -2.33. The first-order valence-electron chi connectivity index (χ1n) is 6.30. The topological polar surface area (TPSA) is 66.3 Å². The molecular formula is C13H21N3O2. The summed E-state index contributed by atoms with van der Waals surface area (Å²) in [6.45, 7) is 6.85. The molecule has 0 spiro atoms. The second kappa shape index (κ2) is 6.93. The van der Waals surface area contributed by atoms with Crippen LogP contribution >= 0.6 is 0 Å². The highest BCUT2D eigenvalue weighted by atomic mass is 16.4. The zero-order chi connectivity index (χ0) is 13.5. The molecule has 1 aromatic rings. The van der Waals surface area contributed by atoms with Crippen molar-refractivity contribution in [1.82, 2.24) is 9.97 Å². The standard InChI is InChI=1S/C13H21N3O2/c1-4-5-11-6-12(15-9-14-11)16(7-10(2)3)8-13(17)18/h6,9-10H,4-5,7-8H2,1-3H3,(H,17,18). The molecule has 5 nitrogen and oxygen atoms in total. The summed E-state index contributed by atoms with van der Waals surface area (Å²) in [6.07, 6.45) is 3.41. The highest BCUT2D eigenvalue weighted by Crippen LogP contribution is 2.13. The van der Waals surface area contributed by atoms with E-state index in [9.17, 15) is 4.79 Å². The number of nitrogens with zero attached hydrogens (tertiary/aromatic N) is 3. The van der Waals surface area contributed by atoms with Gasteiger partial charge >= 0.3 is 5.97 Å². The molecule has 1 aromatic heterocycles. The summed E-state index contributed by atoms with van der Waals surface area (Å²) in [5.74, 6) is 0.241. The summed E-state index contributed by atoms with van der Waals surface area (Å²) in [5, 5.41) is 8.95. The molecule has 0 unspecified atom stereocenters. The molecule has 0 saturated heterocycles. The van der Waals surface area contributed by atoms with Gasteiger partial charge in [-0.3, -0.25) is 4.79 Å². The number of carboxylic acid groups (broad SMARTS) is 1. The Balaban J connectivity index is 2.88. The van der Waals surface area contributed by atoms with Gasteiger partial charge in [-0.2, -0.15) is 0 Å². The second-order valence-corrected chi connectivity index (χ2v) is 4.79. The minimum absolute atomic E-state index is 0.0270. The zero-order valence-corrected chi connectivity index (χ0v) is 11.3. The van der Waals surface area contributed by atoms with Crippen molar-refractivity contribution in [3.05, 3.63) is 18.1 Å². The van der Waals surface area contributed by atoms with Crippen LogP contribution in [-0.2, 0) is 11.2 Å². The number of hydrogen-bond donors (Lipinski definition) is 1. The van der Waals surface area contributed by atoms with Gasteiger partial charge in [0.05, 0.1) is 0 Å². The van der Waals surface area contributed by atoms with Crippen LogP contribution in [0.4, 0.5) is 5.82 Å². The van der Waals surface area contributed by atoms with E-state index < -0.39 is 5.97 Å². The highest BCUT2D eigenvalue weighted by molar-refractivity contribution is 5.73. The normalized spacial score (nSPS) is 10.7. The smallest absolute Gasteiger partial charge is 0.323 e. The van der Waals surface area contributed by atoms with Gasteiger partial charge in [-0.05, 0) is 12.3 Å². The van der Waals surface area contributed by atoms with Crippen LogP contribution in [0.25, 0.3) is 0 Å². The third-order valence-corrected chi connectivity index (χ3v) is 2.45. The fourth-order valence-corrected chi connectivity index (χ4v) is 1.79. The number of carboxylic acids is 1. The molecule has 1 heterocycles. The molecule has 100 valence electrons. The molecule has 5 heteroatoms. The minimum atomic E-state index is -0.841. The Morgan fingerprint density at radius 1 is 1.44 bits per heavy atom. The first-order chi connectivity index (χ1) is 8.52. The van der Waals surface area contributed by atoms with Crippen LogP contribution in [0, 0.1) is 5.92 Å². The van der Waals surface area contributed by atoms with Crippen molar-refractivity contribution in [2.24, 2.45) is 5.92 Å². The van der Waals surface area contributed by atoms with Crippen LogP contribution in [0.2, 0.25) is 0 Å². The number of aryl methyl sites for hydroxylation is 1. The molecule has 1 rings (SSSR count). The second-order valence-electron chi connectivity index (χ2n) is 4.79. The first-order valence-corrected chi connectivity index (χ1v) is 6.30. The van der Waals surface area contributed by atoms with Crippen LogP contribution in [0.15, 0.2) is 12.4 Å². The predicted octanol–water partition coefficient (Wildman–Crippen LogP) is 1.98. The monoisotopic (exact) mass is 251 g/mol. The Kier molecular flexibility index (Phi) is 5.55. The van der Waals surface area contributed by atoms with Crippen molar-refractivity contribution in [3.8, 4) is 0 Å². The predicted molar refractivity (Wildman–Crippen MR) is 70.7 cm³/mol. The third-order valence-electron chi connectivity index (χ3n) is 2.45. The molecule has 18 heavy (non-hydrogen) atoms. The summed E-state index contributed by atoms with van der Waals surface area (Å²) in [5.41, 5.74) is 0.960. The zero-order valence-electron chi connectivity index (χ0n) is 11.3. The van der Waals surface area contributed by atoms with E-state index >= 15 is 0 Å². The average molecular weight is 251 g/mol. The summed E-state index contributed by atoms with van der Waals surface area (Å²) >= 11 is 0. The maximum absolute atomic E-state index is 10.9. The fraction of sp³-hybridized carbons (Fsp3) is 0.615. The summed E-state index contributed by atoms with van der Waals surface area (Å²) < 4.78 is 0. The highest BCUT2D eigenvalue weighted by Gasteiger charge is 2.14. The van der Waals surface area contributed by atoms with Gasteiger partial charge < -0.3 is 10.0 Å². The van der Waals surface area contributed by atoms with Gasteiger partial charge in [-0.25, -0.2) is 9.97 Å². The van der Waals surface area contributed by atoms with E-state index in [-0.39, 0.29) is 6.54 Å². The Bertz CT molecular complexity index is 394. The summed E-state index contributed by atoms with van der Waals surface area (Å²) in [4.78, 5) is 21.0. The maximum atomic E-state index is 10.9. The van der Waals surface area contributed by atoms with Crippen LogP contribution in [0.5, 0.6) is 0 Å². The molecule has 0 atom stereocenters. The van der Waals surface area contributed by atoms with E-state index in [4.69, 9.17) is 5.11 Å². The number of aliphatic carboxylic acids is 1. The first kappa shape index (κ1) is 14.4. The van der Waals surface area contributed by atoms with Gasteiger partial charge in [0, 0.05) is 18.3 Å².